The van der Waals surface area contributed by atoms with E-state index in [0.717, 1.165) is 21.9 Å². The molecule has 1 aromatic carbocycles. The normalized spacial score (nSPS) is 12.4. The van der Waals surface area contributed by atoms with E-state index in [0.29, 0.717) is 9.40 Å². The van der Waals surface area contributed by atoms with Gasteiger partial charge in [0.1, 0.15) is 0 Å². The zero-order valence-electron chi connectivity index (χ0n) is 11.1. The van der Waals surface area contributed by atoms with Gasteiger partial charge in [0.05, 0.1) is 0 Å². The third-order valence-corrected chi connectivity index (χ3v) is 6.03. The number of para-hydroxylation sites is 1. The van der Waals surface area contributed by atoms with Crippen LogP contribution in [0.1, 0.15) is 20.8 Å². The number of hydrogen-bond acceptors (Lipinski definition) is 2. The van der Waals surface area contributed by atoms with Gasteiger partial charge in [-0.1, -0.05) is 0 Å². The number of nitrogens with zero attached hydrogens (tertiary/aromatic N) is 1. The van der Waals surface area contributed by atoms with E-state index in [4.69, 9.17) is 16.0 Å². The molecule has 2 nitrogen and oxygen atoms in total. The van der Waals surface area contributed by atoms with Gasteiger partial charge in [-0.25, -0.2) is 0 Å². The monoisotopic (exact) mass is 333 g/mol. The van der Waals surface area contributed by atoms with Crippen LogP contribution in [0.4, 0.5) is 0 Å². The van der Waals surface area contributed by atoms with Crippen LogP contribution >= 0.6 is 11.6 Å². The molecule has 19 heavy (non-hydrogen) atoms. The molecule has 96 valence electrons. The average Bonchev–Trinajstić information content (AvgIpc) is 2.65. The fourth-order valence-corrected chi connectivity index (χ4v) is 5.02. The van der Waals surface area contributed by atoms with Crippen LogP contribution in [-0.2, 0) is 0 Å². The summed E-state index contributed by atoms with van der Waals surface area (Å²) < 4.78 is 7.73. The van der Waals surface area contributed by atoms with Crippen molar-refractivity contribution in [1.29, 1.82) is 0 Å². The second-order valence-electron chi connectivity index (χ2n) is 5.66. The van der Waals surface area contributed by atoms with Gasteiger partial charge < -0.3 is 0 Å². The molecule has 0 spiro atoms. The van der Waals surface area contributed by atoms with Crippen molar-refractivity contribution in [3.05, 3.63) is 35.6 Å². The standard InChI is InChI=1S/C15H14ClGeNO/c1-15(2,3)17-11-6-4-5-9-10-8-18-13(16)7-12(10)19-14(9)11/h4-8H,1-3H3. The second-order valence-corrected chi connectivity index (χ2v) is 10.9. The van der Waals surface area contributed by atoms with Crippen molar-refractivity contribution in [2.75, 3.05) is 0 Å². The van der Waals surface area contributed by atoms with Gasteiger partial charge in [0.15, 0.2) is 0 Å². The molecule has 3 rings (SSSR count). The first kappa shape index (κ1) is 13.0. The van der Waals surface area contributed by atoms with Crippen molar-refractivity contribution >= 4 is 53.4 Å². The summed E-state index contributed by atoms with van der Waals surface area (Å²) in [5, 5.41) is 2.66. The summed E-state index contributed by atoms with van der Waals surface area (Å²) in [6.07, 6.45) is 1.80. The molecule has 4 heteroatoms. The molecule has 0 fully saturated rings. The summed E-state index contributed by atoms with van der Waals surface area (Å²) in [5.41, 5.74) is 1.83. The van der Waals surface area contributed by atoms with Crippen molar-refractivity contribution in [3.8, 4) is 0 Å². The van der Waals surface area contributed by atoms with E-state index in [2.05, 4.69) is 44.0 Å². The molecule has 0 bridgehead atoms. The van der Waals surface area contributed by atoms with Crippen molar-refractivity contribution in [1.82, 2.24) is 4.98 Å². The first-order valence-electron chi connectivity index (χ1n) is 6.19. The quantitative estimate of drug-likeness (QED) is 0.493. The fraction of sp³-hybridized carbons (Fsp3) is 0.267. The van der Waals surface area contributed by atoms with Gasteiger partial charge in [-0.3, -0.25) is 0 Å². The number of pyridine rings is 1. The van der Waals surface area contributed by atoms with Crippen LogP contribution in [-0.4, -0.2) is 20.4 Å². The molecule has 0 amide bonds. The van der Waals surface area contributed by atoms with E-state index in [9.17, 15) is 0 Å². The minimum absolute atomic E-state index is 0.260. The Bertz CT molecular complexity index is 758. The summed E-state index contributed by atoms with van der Waals surface area (Å²) >= 11 is 5.67. The number of aromatic nitrogens is 1. The Balaban J connectivity index is 2.28. The predicted molar refractivity (Wildman–Crippen MR) is 81.6 cm³/mol. The fourth-order valence-electron chi connectivity index (χ4n) is 2.17. The SMILES string of the molecule is C[C](C)(C)[Ge][c]1cccc2c1oc1cc(Cl)ncc12. The van der Waals surface area contributed by atoms with E-state index in [1.165, 1.54) is 4.40 Å². The molecule has 0 saturated carbocycles. The molecule has 2 heterocycles. The molecule has 2 radical (unpaired) electrons. The van der Waals surface area contributed by atoms with E-state index < -0.39 is 0 Å². The van der Waals surface area contributed by atoms with Gasteiger partial charge in [0.2, 0.25) is 0 Å². The van der Waals surface area contributed by atoms with Crippen LogP contribution in [0.25, 0.3) is 21.9 Å². The Morgan fingerprint density at radius 3 is 2.74 bits per heavy atom. The van der Waals surface area contributed by atoms with Crippen molar-refractivity contribution < 1.29 is 4.42 Å². The maximum absolute atomic E-state index is 6.02. The van der Waals surface area contributed by atoms with Crippen molar-refractivity contribution in [2.24, 2.45) is 0 Å². The molecule has 0 aliphatic carbocycles. The third-order valence-electron chi connectivity index (χ3n) is 2.86. The van der Waals surface area contributed by atoms with E-state index >= 15 is 0 Å². The number of benzene rings is 1. The van der Waals surface area contributed by atoms with Crippen LogP contribution in [0.15, 0.2) is 34.9 Å². The van der Waals surface area contributed by atoms with Crippen LogP contribution in [0, 0.1) is 0 Å². The van der Waals surface area contributed by atoms with E-state index in [1.807, 2.05) is 0 Å². The first-order chi connectivity index (χ1) is 8.94. The summed E-state index contributed by atoms with van der Waals surface area (Å²) in [6, 6.07) is 8.17. The number of halogens is 1. The summed E-state index contributed by atoms with van der Waals surface area (Å²) in [5.74, 6) is 0. The number of furan rings is 1. The molecule has 0 N–H and O–H groups in total. The molecule has 0 aliphatic rings. The molecular weight excluding hydrogens is 318 g/mol. The molecule has 2 aromatic heterocycles. The Kier molecular flexibility index (Phi) is 3.10. The summed E-state index contributed by atoms with van der Waals surface area (Å²) in [6.45, 7) is 6.85. The Labute approximate surface area is 123 Å². The van der Waals surface area contributed by atoms with Crippen LogP contribution in [0.3, 0.4) is 0 Å². The second kappa shape index (κ2) is 4.53. The maximum atomic E-state index is 6.02. The van der Waals surface area contributed by atoms with E-state index in [1.54, 1.807) is 12.3 Å². The van der Waals surface area contributed by atoms with Crippen LogP contribution in [0.2, 0.25) is 9.40 Å². The molecular formula is C15H14ClGeNO. The van der Waals surface area contributed by atoms with Gasteiger partial charge in [0, 0.05) is 0 Å². The zero-order chi connectivity index (χ0) is 13.6. The topological polar surface area (TPSA) is 26.0 Å². The van der Waals surface area contributed by atoms with Gasteiger partial charge in [-0.05, 0) is 0 Å². The first-order valence-corrected chi connectivity index (χ1v) is 8.67. The van der Waals surface area contributed by atoms with Gasteiger partial charge in [-0.15, -0.1) is 0 Å². The molecule has 0 unspecified atom stereocenters. The molecule has 3 aromatic rings. The molecule has 0 atom stereocenters. The van der Waals surface area contributed by atoms with Crippen LogP contribution < -0.4 is 4.40 Å². The Morgan fingerprint density at radius 2 is 2.00 bits per heavy atom. The van der Waals surface area contributed by atoms with Crippen molar-refractivity contribution in [2.45, 2.75) is 25.0 Å². The third kappa shape index (κ3) is 2.52. The van der Waals surface area contributed by atoms with Crippen molar-refractivity contribution in [3.63, 3.8) is 0 Å². The van der Waals surface area contributed by atoms with Gasteiger partial charge in [0.25, 0.3) is 0 Å². The minimum atomic E-state index is -0.260. The summed E-state index contributed by atoms with van der Waals surface area (Å²) in [7, 11) is 0. The van der Waals surface area contributed by atoms with Crippen LogP contribution in [0.5, 0.6) is 0 Å². The van der Waals surface area contributed by atoms with Gasteiger partial charge in [-0.2, -0.15) is 0 Å². The Hall–Kier alpha value is -0.997. The predicted octanol–water partition coefficient (Wildman–Crippen LogP) is 4.18. The molecule has 0 aliphatic heterocycles. The number of hydrogen-bond donors (Lipinski definition) is 0. The molecule has 0 saturated heterocycles. The van der Waals surface area contributed by atoms with E-state index in [-0.39, 0.29) is 15.4 Å². The average molecular weight is 332 g/mol. The zero-order valence-corrected chi connectivity index (χ0v) is 14.0. The number of fused-ring (bicyclic) bond motifs is 3. The van der Waals surface area contributed by atoms with Gasteiger partial charge >= 0.3 is 123 Å². The number of rotatable bonds is 1. The summed E-state index contributed by atoms with van der Waals surface area (Å²) in [4.78, 5) is 4.15. The Morgan fingerprint density at radius 1 is 1.21 bits per heavy atom.